The highest BCUT2D eigenvalue weighted by molar-refractivity contribution is 6.39. The minimum atomic E-state index is -2.57. The van der Waals surface area contributed by atoms with E-state index >= 15 is 0 Å². The molecule has 0 radical (unpaired) electrons. The van der Waals surface area contributed by atoms with Crippen molar-refractivity contribution in [2.45, 2.75) is 24.0 Å². The summed E-state index contributed by atoms with van der Waals surface area (Å²) in [5, 5.41) is 35.8. The molecule has 0 fully saturated rings. The molecular weight excluding hydrogens is 664 g/mol. The van der Waals surface area contributed by atoms with Crippen LogP contribution in [0.4, 0.5) is 0 Å². The van der Waals surface area contributed by atoms with Gasteiger partial charge in [-0.25, -0.2) is 4.98 Å². The maximum absolute atomic E-state index is 11.1. The topological polar surface area (TPSA) is 91.4 Å². The van der Waals surface area contributed by atoms with Gasteiger partial charge in [-0.3, -0.25) is 9.55 Å². The van der Waals surface area contributed by atoms with Crippen molar-refractivity contribution < 1.29 is 15.3 Å². The molecule has 54 heavy (non-hydrogen) atoms. The molecule has 0 unspecified atom stereocenters. The standard InChI is InChI=1S/C46H37B2N3O3/c47-46(48,54)45(52,53)44-50-40-18-7-8-19-41(40)51(44)32-26-24-30(25-27-32)29-20-22-31(23-21-29)42-35-13-3-5-15-37(35)43(38-16-6-4-14-36(38)42)34-12-2-1-11-33(34)39-17-9-10-28-49-39/h1-6,8-17,19-28,52-54H,7,18,47-48H2. The Hall–Kier alpha value is -6.05. The van der Waals surface area contributed by atoms with E-state index in [2.05, 4.69) is 114 Å². The Morgan fingerprint density at radius 1 is 0.574 bits per heavy atom. The van der Waals surface area contributed by atoms with Crippen molar-refractivity contribution in [2.75, 3.05) is 0 Å². The number of aliphatic hydroxyl groups is 3. The van der Waals surface area contributed by atoms with Crippen LogP contribution in [0.5, 0.6) is 0 Å². The van der Waals surface area contributed by atoms with Crippen LogP contribution in [0.15, 0.2) is 152 Å². The van der Waals surface area contributed by atoms with Crippen LogP contribution < -0.4 is 0 Å². The molecule has 0 spiro atoms. The average Bonchev–Trinajstić information content (AvgIpc) is 3.61. The second-order valence-corrected chi connectivity index (χ2v) is 14.5. The Balaban J connectivity index is 1.13. The zero-order valence-electron chi connectivity index (χ0n) is 30.1. The summed E-state index contributed by atoms with van der Waals surface area (Å²) in [5.41, 5.74) is 11.1. The number of hydrogen-bond acceptors (Lipinski definition) is 5. The SMILES string of the molecule is BC(B)(O)C(O)(O)c1nc2c(n1-c1ccc(-c3ccc(-c4c5ccccc5c(-c5ccccc5-c5ccccn5)c5ccccc45)cc3)cc1)C=CCC2. The minimum absolute atomic E-state index is 0.00524. The molecule has 6 aromatic carbocycles. The molecular formula is C46H37B2N3O3. The molecule has 260 valence electrons. The predicted octanol–water partition coefficient (Wildman–Crippen LogP) is 7.25. The Labute approximate surface area is 315 Å². The van der Waals surface area contributed by atoms with Gasteiger partial charge in [0.2, 0.25) is 5.79 Å². The van der Waals surface area contributed by atoms with Crippen molar-refractivity contribution in [2.24, 2.45) is 0 Å². The van der Waals surface area contributed by atoms with Gasteiger partial charge >= 0.3 is 0 Å². The highest BCUT2D eigenvalue weighted by Crippen LogP contribution is 2.46. The van der Waals surface area contributed by atoms with Crippen LogP contribution in [0.3, 0.4) is 0 Å². The van der Waals surface area contributed by atoms with Crippen LogP contribution in [0, 0.1) is 0 Å². The summed E-state index contributed by atoms with van der Waals surface area (Å²) in [4.78, 5) is 9.33. The second kappa shape index (κ2) is 13.1. The number of benzene rings is 6. The first kappa shape index (κ1) is 33.8. The highest BCUT2D eigenvalue weighted by atomic mass is 16.5. The molecule has 0 saturated heterocycles. The zero-order chi connectivity index (χ0) is 37.0. The van der Waals surface area contributed by atoms with Crippen LogP contribution in [-0.4, -0.2) is 50.9 Å². The molecule has 8 heteroatoms. The van der Waals surface area contributed by atoms with E-state index in [1.54, 1.807) is 4.57 Å². The van der Waals surface area contributed by atoms with E-state index in [0.717, 1.165) is 57.0 Å². The summed E-state index contributed by atoms with van der Waals surface area (Å²) < 4.78 is 1.74. The Bertz CT molecular complexity index is 2660. The molecule has 8 aromatic rings. The maximum Gasteiger partial charge on any atom is 0.237 e. The van der Waals surface area contributed by atoms with Crippen molar-refractivity contribution in [3.63, 3.8) is 0 Å². The Morgan fingerprint density at radius 2 is 1.11 bits per heavy atom. The lowest BCUT2D eigenvalue weighted by molar-refractivity contribution is -0.231. The second-order valence-electron chi connectivity index (χ2n) is 14.5. The highest BCUT2D eigenvalue weighted by Gasteiger charge is 2.46. The quantitative estimate of drug-likeness (QED) is 0.0926. The van der Waals surface area contributed by atoms with E-state index < -0.39 is 11.2 Å². The molecule has 0 saturated carbocycles. The van der Waals surface area contributed by atoms with Gasteiger partial charge in [0.25, 0.3) is 0 Å². The van der Waals surface area contributed by atoms with Gasteiger partial charge < -0.3 is 15.3 Å². The summed E-state index contributed by atoms with van der Waals surface area (Å²) in [5.74, 6) is -2.57. The van der Waals surface area contributed by atoms with Gasteiger partial charge in [0.1, 0.15) is 15.7 Å². The summed E-state index contributed by atoms with van der Waals surface area (Å²) in [6, 6.07) is 48.6. The molecule has 3 N–H and O–H groups in total. The molecule has 0 atom stereocenters. The van der Waals surface area contributed by atoms with Crippen LogP contribution in [0.1, 0.15) is 23.6 Å². The molecule has 1 aliphatic rings. The number of aryl methyl sites for hydroxylation is 1. The maximum atomic E-state index is 11.1. The fraction of sp³-hybridized carbons (Fsp3) is 0.0870. The number of nitrogens with zero attached hydrogens (tertiary/aromatic N) is 3. The third kappa shape index (κ3) is 5.58. The van der Waals surface area contributed by atoms with Gasteiger partial charge in [0.15, 0.2) is 5.82 Å². The van der Waals surface area contributed by atoms with E-state index in [-0.39, 0.29) is 5.82 Å². The van der Waals surface area contributed by atoms with E-state index in [9.17, 15) is 15.3 Å². The van der Waals surface area contributed by atoms with Crippen molar-refractivity contribution in [3.05, 3.63) is 169 Å². The molecule has 2 aromatic heterocycles. The molecule has 0 bridgehead atoms. The fourth-order valence-corrected chi connectivity index (χ4v) is 7.83. The number of hydrogen-bond donors (Lipinski definition) is 3. The summed E-state index contributed by atoms with van der Waals surface area (Å²) in [6.45, 7) is 0. The summed E-state index contributed by atoms with van der Waals surface area (Å²) >= 11 is 0. The number of rotatable bonds is 7. The van der Waals surface area contributed by atoms with Crippen molar-refractivity contribution >= 4 is 43.3 Å². The number of aromatic nitrogens is 3. The number of imidazole rings is 1. The van der Waals surface area contributed by atoms with Gasteiger partial charge in [0, 0.05) is 17.4 Å². The summed E-state index contributed by atoms with van der Waals surface area (Å²) in [6.07, 6.45) is 7.37. The van der Waals surface area contributed by atoms with Gasteiger partial charge in [-0.15, -0.1) is 0 Å². The lowest BCUT2D eigenvalue weighted by Crippen LogP contribution is -2.54. The number of pyridine rings is 1. The first-order valence-corrected chi connectivity index (χ1v) is 18.3. The number of fused-ring (bicyclic) bond motifs is 3. The van der Waals surface area contributed by atoms with E-state index in [0.29, 0.717) is 6.42 Å². The smallest absolute Gasteiger partial charge is 0.237 e. The van der Waals surface area contributed by atoms with Crippen molar-refractivity contribution in [3.8, 4) is 50.3 Å². The molecule has 2 heterocycles. The van der Waals surface area contributed by atoms with Gasteiger partial charge in [-0.05, 0) is 98.1 Å². The lowest BCUT2D eigenvalue weighted by atomic mass is 9.60. The third-order valence-electron chi connectivity index (χ3n) is 10.7. The van der Waals surface area contributed by atoms with Crippen LogP contribution in [-0.2, 0) is 12.2 Å². The zero-order valence-corrected chi connectivity index (χ0v) is 30.1. The Morgan fingerprint density at radius 3 is 1.70 bits per heavy atom. The molecule has 9 rings (SSSR count). The largest absolute Gasteiger partial charge is 0.402 e. The first-order chi connectivity index (χ1) is 26.2. The minimum Gasteiger partial charge on any atom is -0.402 e. The Kier molecular flexibility index (Phi) is 8.20. The molecule has 1 aliphatic carbocycles. The fourth-order valence-electron chi connectivity index (χ4n) is 7.83. The van der Waals surface area contributed by atoms with E-state index in [4.69, 9.17) is 4.98 Å². The lowest BCUT2D eigenvalue weighted by Gasteiger charge is -2.34. The monoisotopic (exact) mass is 701 g/mol. The third-order valence-corrected chi connectivity index (χ3v) is 10.7. The van der Waals surface area contributed by atoms with Crippen molar-refractivity contribution in [1.82, 2.24) is 14.5 Å². The van der Waals surface area contributed by atoms with Crippen molar-refractivity contribution in [1.29, 1.82) is 0 Å². The van der Waals surface area contributed by atoms with E-state index in [1.807, 2.05) is 48.7 Å². The predicted molar refractivity (Wildman–Crippen MR) is 224 cm³/mol. The van der Waals surface area contributed by atoms with Gasteiger partial charge in [0.05, 0.1) is 22.5 Å². The number of allylic oxidation sites excluding steroid dienone is 1. The van der Waals surface area contributed by atoms with Crippen LogP contribution >= 0.6 is 0 Å². The molecule has 0 amide bonds. The van der Waals surface area contributed by atoms with Gasteiger partial charge in [-0.2, -0.15) is 0 Å². The van der Waals surface area contributed by atoms with Crippen LogP contribution in [0.25, 0.3) is 77.9 Å². The van der Waals surface area contributed by atoms with E-state index in [1.165, 1.54) is 48.4 Å². The summed E-state index contributed by atoms with van der Waals surface area (Å²) in [7, 11) is 2.74. The van der Waals surface area contributed by atoms with Crippen LogP contribution in [0.2, 0.25) is 0 Å². The molecule has 0 aliphatic heterocycles. The average molecular weight is 701 g/mol. The normalized spacial score (nSPS) is 13.0. The molecule has 6 nitrogen and oxygen atoms in total. The van der Waals surface area contributed by atoms with Gasteiger partial charge in [-0.1, -0.05) is 121 Å². The first-order valence-electron chi connectivity index (χ1n) is 18.3.